The fourth-order valence-corrected chi connectivity index (χ4v) is 2.06. The largest absolute Gasteiger partial charge is 0.370 e. The number of guanidine groups is 1. The summed E-state index contributed by atoms with van der Waals surface area (Å²) in [6.45, 7) is 10.4. The summed E-state index contributed by atoms with van der Waals surface area (Å²) >= 11 is 0. The highest BCUT2D eigenvalue weighted by atomic mass is 127. The van der Waals surface area contributed by atoms with E-state index in [0.29, 0.717) is 24.7 Å². The van der Waals surface area contributed by atoms with E-state index in [1.54, 1.807) is 19.2 Å². The van der Waals surface area contributed by atoms with Crippen LogP contribution in [-0.2, 0) is 6.54 Å². The minimum Gasteiger partial charge on any atom is -0.370 e. The van der Waals surface area contributed by atoms with Gasteiger partial charge in [0, 0.05) is 33.2 Å². The molecule has 1 aromatic carbocycles. The summed E-state index contributed by atoms with van der Waals surface area (Å²) in [6.07, 6.45) is 1.76. The van der Waals surface area contributed by atoms with Crippen molar-refractivity contribution in [3.05, 3.63) is 42.2 Å². The summed E-state index contributed by atoms with van der Waals surface area (Å²) in [5, 5.41) is 6.21. The van der Waals surface area contributed by atoms with Gasteiger partial charge in [-0.05, 0) is 31.5 Å². The fourth-order valence-electron chi connectivity index (χ4n) is 2.06. The molecule has 0 fully saturated rings. The van der Waals surface area contributed by atoms with E-state index in [2.05, 4.69) is 22.2 Å². The Kier molecular flexibility index (Phi) is 10.6. The second-order valence-corrected chi connectivity index (χ2v) is 4.55. The number of halogens is 2. The molecule has 0 bridgehead atoms. The van der Waals surface area contributed by atoms with Gasteiger partial charge in [0.2, 0.25) is 0 Å². The molecule has 0 atom stereocenters. The predicted molar refractivity (Wildman–Crippen MR) is 104 cm³/mol. The van der Waals surface area contributed by atoms with Crippen molar-refractivity contribution < 1.29 is 4.39 Å². The molecule has 2 N–H and O–H groups in total. The van der Waals surface area contributed by atoms with Crippen molar-refractivity contribution in [3.63, 3.8) is 0 Å². The van der Waals surface area contributed by atoms with Crippen LogP contribution in [0.1, 0.15) is 19.4 Å². The number of benzene rings is 1. The molecule has 0 amide bonds. The smallest absolute Gasteiger partial charge is 0.191 e. The van der Waals surface area contributed by atoms with Gasteiger partial charge in [-0.2, -0.15) is 0 Å². The highest BCUT2D eigenvalue weighted by Crippen LogP contribution is 2.20. The normalized spacial score (nSPS) is 10.6. The molecule has 0 saturated heterocycles. The molecule has 0 saturated carbocycles. The van der Waals surface area contributed by atoms with E-state index in [-0.39, 0.29) is 29.8 Å². The Balaban J connectivity index is 0.00000441. The van der Waals surface area contributed by atoms with Gasteiger partial charge in [0.05, 0.1) is 5.69 Å². The van der Waals surface area contributed by atoms with Gasteiger partial charge in [-0.3, -0.25) is 4.99 Å². The van der Waals surface area contributed by atoms with Crippen molar-refractivity contribution in [2.75, 3.05) is 31.6 Å². The number of anilines is 1. The van der Waals surface area contributed by atoms with E-state index < -0.39 is 0 Å². The second-order valence-electron chi connectivity index (χ2n) is 4.55. The maximum absolute atomic E-state index is 14.2. The third-order valence-electron chi connectivity index (χ3n) is 3.21. The van der Waals surface area contributed by atoms with Crippen LogP contribution in [0.4, 0.5) is 10.1 Å². The minimum atomic E-state index is -0.188. The molecule has 1 aromatic rings. The lowest BCUT2D eigenvalue weighted by atomic mass is 10.2. The van der Waals surface area contributed by atoms with Gasteiger partial charge in [0.1, 0.15) is 5.82 Å². The number of rotatable bonds is 7. The first-order valence-electron chi connectivity index (χ1n) is 7.25. The van der Waals surface area contributed by atoms with Crippen LogP contribution in [0.2, 0.25) is 0 Å². The molecule has 0 aliphatic heterocycles. The average Bonchev–Trinajstić information content (AvgIpc) is 2.50. The zero-order valence-corrected chi connectivity index (χ0v) is 15.9. The van der Waals surface area contributed by atoms with Gasteiger partial charge >= 0.3 is 0 Å². The highest BCUT2D eigenvalue weighted by Gasteiger charge is 2.09. The van der Waals surface area contributed by atoms with Crippen LogP contribution in [-0.4, -0.2) is 32.6 Å². The van der Waals surface area contributed by atoms with Crippen molar-refractivity contribution >= 4 is 35.6 Å². The van der Waals surface area contributed by atoms with E-state index in [4.69, 9.17) is 0 Å². The Morgan fingerprint density at radius 3 is 2.50 bits per heavy atom. The van der Waals surface area contributed by atoms with Crippen molar-refractivity contribution in [1.29, 1.82) is 0 Å². The third kappa shape index (κ3) is 6.21. The zero-order valence-electron chi connectivity index (χ0n) is 13.5. The maximum atomic E-state index is 14.2. The molecule has 4 nitrogen and oxygen atoms in total. The third-order valence-corrected chi connectivity index (χ3v) is 3.21. The molecular formula is C16H26FIN4. The van der Waals surface area contributed by atoms with Crippen LogP contribution in [0.3, 0.4) is 0 Å². The summed E-state index contributed by atoms with van der Waals surface area (Å²) in [5.74, 6) is 0.482. The van der Waals surface area contributed by atoms with E-state index in [9.17, 15) is 4.39 Å². The minimum absolute atomic E-state index is 0. The zero-order chi connectivity index (χ0) is 15.7. The molecule has 0 aromatic heterocycles. The molecule has 0 radical (unpaired) electrons. The molecule has 22 heavy (non-hydrogen) atoms. The lowest BCUT2D eigenvalue weighted by molar-refractivity contribution is 0.617. The van der Waals surface area contributed by atoms with E-state index in [1.165, 1.54) is 0 Å². The summed E-state index contributed by atoms with van der Waals surface area (Å²) < 4.78 is 14.2. The molecule has 0 aliphatic carbocycles. The molecular weight excluding hydrogens is 394 g/mol. The number of aliphatic imine (C=N–C) groups is 1. The quantitative estimate of drug-likeness (QED) is 0.308. The molecule has 1 rings (SSSR count). The summed E-state index contributed by atoms with van der Waals surface area (Å²) in [5.41, 5.74) is 1.53. The van der Waals surface area contributed by atoms with E-state index >= 15 is 0 Å². The van der Waals surface area contributed by atoms with Gasteiger partial charge in [-0.1, -0.05) is 12.1 Å². The Bertz CT molecular complexity index is 487. The lowest BCUT2D eigenvalue weighted by Crippen LogP contribution is -2.36. The molecule has 0 heterocycles. The summed E-state index contributed by atoms with van der Waals surface area (Å²) in [7, 11) is 1.70. The summed E-state index contributed by atoms with van der Waals surface area (Å²) in [4.78, 5) is 6.08. The number of nitrogens with one attached hydrogen (secondary N) is 2. The maximum Gasteiger partial charge on any atom is 0.191 e. The van der Waals surface area contributed by atoms with E-state index in [0.717, 1.165) is 18.7 Å². The standard InChI is InChI=1S/C16H25FN4.HI/c1-5-10-19-16(18-4)20-12-13-8-9-15(14(17)11-13)21(6-2)7-3;/h5,8-9,11H,1,6-7,10,12H2,2-4H3,(H2,18,19,20);1H. The Morgan fingerprint density at radius 1 is 1.32 bits per heavy atom. The summed E-state index contributed by atoms with van der Waals surface area (Å²) in [6, 6.07) is 5.34. The SMILES string of the molecule is C=CCNC(=NC)NCc1ccc(N(CC)CC)c(F)c1.I. The first-order valence-corrected chi connectivity index (χ1v) is 7.25. The fraction of sp³-hybridized carbons (Fsp3) is 0.438. The van der Waals surface area contributed by atoms with Crippen LogP contribution in [0, 0.1) is 5.82 Å². The van der Waals surface area contributed by atoms with Crippen LogP contribution in [0.25, 0.3) is 0 Å². The molecule has 0 aliphatic rings. The molecule has 0 unspecified atom stereocenters. The van der Waals surface area contributed by atoms with Gasteiger partial charge in [0.15, 0.2) is 5.96 Å². The Labute approximate surface area is 149 Å². The first kappa shape index (κ1) is 20.7. The Morgan fingerprint density at radius 2 is 2.00 bits per heavy atom. The number of hydrogen-bond donors (Lipinski definition) is 2. The van der Waals surface area contributed by atoms with Gasteiger partial charge in [-0.25, -0.2) is 4.39 Å². The lowest BCUT2D eigenvalue weighted by Gasteiger charge is -2.22. The van der Waals surface area contributed by atoms with Crippen LogP contribution >= 0.6 is 24.0 Å². The monoisotopic (exact) mass is 420 g/mol. The highest BCUT2D eigenvalue weighted by molar-refractivity contribution is 14.0. The average molecular weight is 420 g/mol. The van der Waals surface area contributed by atoms with Crippen molar-refractivity contribution in [2.45, 2.75) is 20.4 Å². The molecule has 6 heteroatoms. The molecule has 124 valence electrons. The van der Waals surface area contributed by atoms with Gasteiger partial charge in [0.25, 0.3) is 0 Å². The van der Waals surface area contributed by atoms with Crippen molar-refractivity contribution in [2.24, 2.45) is 4.99 Å². The van der Waals surface area contributed by atoms with Gasteiger partial charge in [-0.15, -0.1) is 30.6 Å². The van der Waals surface area contributed by atoms with Crippen LogP contribution < -0.4 is 15.5 Å². The van der Waals surface area contributed by atoms with Crippen LogP contribution in [0.15, 0.2) is 35.8 Å². The van der Waals surface area contributed by atoms with Crippen molar-refractivity contribution in [3.8, 4) is 0 Å². The topological polar surface area (TPSA) is 39.7 Å². The van der Waals surface area contributed by atoms with Crippen LogP contribution in [0.5, 0.6) is 0 Å². The molecule has 0 spiro atoms. The van der Waals surface area contributed by atoms with Crippen molar-refractivity contribution in [1.82, 2.24) is 10.6 Å². The first-order chi connectivity index (χ1) is 10.2. The van der Waals surface area contributed by atoms with Gasteiger partial charge < -0.3 is 15.5 Å². The Hall–Kier alpha value is -1.31. The number of nitrogens with zero attached hydrogens (tertiary/aromatic N) is 2. The number of hydrogen-bond acceptors (Lipinski definition) is 2. The van der Waals surface area contributed by atoms with E-state index in [1.807, 2.05) is 30.9 Å². The second kappa shape index (κ2) is 11.3. The predicted octanol–water partition coefficient (Wildman–Crippen LogP) is 3.14.